The summed E-state index contributed by atoms with van der Waals surface area (Å²) < 4.78 is 0. The lowest BCUT2D eigenvalue weighted by molar-refractivity contribution is 0.264. The molecule has 0 aromatic heterocycles. The SMILES string of the molecule is Cc1cccc(N2CN(CCc3ccccc3)CNC2=S)c1C. The van der Waals surface area contributed by atoms with E-state index in [2.05, 4.69) is 77.5 Å². The van der Waals surface area contributed by atoms with E-state index in [-0.39, 0.29) is 0 Å². The lowest BCUT2D eigenvalue weighted by Gasteiger charge is -2.38. The zero-order valence-electron chi connectivity index (χ0n) is 13.7. The van der Waals surface area contributed by atoms with Gasteiger partial charge in [0.15, 0.2) is 5.11 Å². The number of anilines is 1. The highest BCUT2D eigenvalue weighted by Crippen LogP contribution is 2.24. The second-order valence-electron chi connectivity index (χ2n) is 6.06. The Labute approximate surface area is 143 Å². The number of thiocarbonyl (C=S) groups is 1. The summed E-state index contributed by atoms with van der Waals surface area (Å²) in [4.78, 5) is 4.59. The van der Waals surface area contributed by atoms with E-state index in [1.54, 1.807) is 0 Å². The van der Waals surface area contributed by atoms with Gasteiger partial charge in [-0.2, -0.15) is 0 Å². The summed E-state index contributed by atoms with van der Waals surface area (Å²) in [5.41, 5.74) is 5.17. The van der Waals surface area contributed by atoms with Gasteiger partial charge in [-0.25, -0.2) is 0 Å². The summed E-state index contributed by atoms with van der Waals surface area (Å²) in [5.74, 6) is 0. The van der Waals surface area contributed by atoms with E-state index in [4.69, 9.17) is 12.2 Å². The zero-order valence-corrected chi connectivity index (χ0v) is 14.6. The first-order valence-electron chi connectivity index (χ1n) is 8.03. The predicted molar refractivity (Wildman–Crippen MR) is 101 cm³/mol. The molecule has 1 aliphatic rings. The molecule has 1 N–H and O–H groups in total. The number of hydrogen-bond donors (Lipinski definition) is 1. The minimum Gasteiger partial charge on any atom is -0.349 e. The number of aryl methyl sites for hydroxylation is 1. The lowest BCUT2D eigenvalue weighted by Crippen LogP contribution is -2.56. The van der Waals surface area contributed by atoms with Crippen LogP contribution in [0.5, 0.6) is 0 Å². The average Bonchev–Trinajstić information content (AvgIpc) is 2.58. The van der Waals surface area contributed by atoms with Crippen molar-refractivity contribution >= 4 is 23.0 Å². The van der Waals surface area contributed by atoms with E-state index in [0.29, 0.717) is 0 Å². The third kappa shape index (κ3) is 3.71. The fourth-order valence-electron chi connectivity index (χ4n) is 2.88. The van der Waals surface area contributed by atoms with Gasteiger partial charge < -0.3 is 10.2 Å². The topological polar surface area (TPSA) is 18.5 Å². The van der Waals surface area contributed by atoms with Crippen molar-refractivity contribution in [3.63, 3.8) is 0 Å². The first-order valence-corrected chi connectivity index (χ1v) is 8.44. The van der Waals surface area contributed by atoms with Gasteiger partial charge in [0, 0.05) is 12.2 Å². The van der Waals surface area contributed by atoms with E-state index >= 15 is 0 Å². The van der Waals surface area contributed by atoms with Crippen LogP contribution in [-0.4, -0.2) is 29.9 Å². The monoisotopic (exact) mass is 325 g/mol. The van der Waals surface area contributed by atoms with Crippen LogP contribution in [0, 0.1) is 13.8 Å². The van der Waals surface area contributed by atoms with Crippen LogP contribution in [-0.2, 0) is 6.42 Å². The van der Waals surface area contributed by atoms with Gasteiger partial charge in [-0.05, 0) is 55.2 Å². The van der Waals surface area contributed by atoms with E-state index in [9.17, 15) is 0 Å². The largest absolute Gasteiger partial charge is 0.349 e. The van der Waals surface area contributed by atoms with Gasteiger partial charge >= 0.3 is 0 Å². The summed E-state index contributed by atoms with van der Waals surface area (Å²) in [6, 6.07) is 17.0. The highest BCUT2D eigenvalue weighted by Gasteiger charge is 2.22. The minimum absolute atomic E-state index is 0.813. The van der Waals surface area contributed by atoms with Crippen molar-refractivity contribution in [2.24, 2.45) is 0 Å². The first-order chi connectivity index (χ1) is 11.1. The van der Waals surface area contributed by atoms with E-state index in [0.717, 1.165) is 31.4 Å². The molecular formula is C19H23N3S. The molecule has 2 aromatic rings. The number of rotatable bonds is 4. The van der Waals surface area contributed by atoms with Crippen LogP contribution in [0.1, 0.15) is 16.7 Å². The Morgan fingerprint density at radius 3 is 2.61 bits per heavy atom. The lowest BCUT2D eigenvalue weighted by atomic mass is 10.1. The van der Waals surface area contributed by atoms with Crippen molar-refractivity contribution in [1.29, 1.82) is 0 Å². The molecule has 0 atom stereocenters. The smallest absolute Gasteiger partial charge is 0.175 e. The van der Waals surface area contributed by atoms with Crippen LogP contribution < -0.4 is 10.2 Å². The summed E-state index contributed by atoms with van der Waals surface area (Å²) >= 11 is 5.53. The van der Waals surface area contributed by atoms with Crippen molar-refractivity contribution in [3.8, 4) is 0 Å². The Bertz CT molecular complexity index is 684. The van der Waals surface area contributed by atoms with Crippen LogP contribution >= 0.6 is 12.2 Å². The van der Waals surface area contributed by atoms with Gasteiger partial charge in [-0.1, -0.05) is 42.5 Å². The molecule has 0 unspecified atom stereocenters. The maximum Gasteiger partial charge on any atom is 0.175 e. The zero-order chi connectivity index (χ0) is 16.2. The van der Waals surface area contributed by atoms with Gasteiger partial charge in [0.25, 0.3) is 0 Å². The molecule has 2 aromatic carbocycles. The standard InChI is InChI=1S/C19H23N3S/c1-15-7-6-10-18(16(15)2)22-14-21(13-20-19(22)23)12-11-17-8-4-3-5-9-17/h3-10H,11-14H2,1-2H3,(H,20,23). The third-order valence-electron chi connectivity index (χ3n) is 4.47. The summed E-state index contributed by atoms with van der Waals surface area (Å²) in [5, 5.41) is 4.16. The van der Waals surface area contributed by atoms with Crippen molar-refractivity contribution in [2.45, 2.75) is 20.3 Å². The molecule has 0 amide bonds. The number of benzene rings is 2. The van der Waals surface area contributed by atoms with Crippen LogP contribution in [0.3, 0.4) is 0 Å². The molecule has 120 valence electrons. The van der Waals surface area contributed by atoms with Crippen molar-refractivity contribution < 1.29 is 0 Å². The number of nitrogens with zero attached hydrogens (tertiary/aromatic N) is 2. The molecule has 3 nitrogen and oxygen atoms in total. The Morgan fingerprint density at radius 1 is 1.04 bits per heavy atom. The molecular weight excluding hydrogens is 302 g/mol. The molecule has 0 radical (unpaired) electrons. The highest BCUT2D eigenvalue weighted by molar-refractivity contribution is 7.80. The average molecular weight is 325 g/mol. The molecule has 4 heteroatoms. The van der Waals surface area contributed by atoms with Gasteiger partial charge in [-0.3, -0.25) is 4.90 Å². The maximum absolute atomic E-state index is 5.53. The Balaban J connectivity index is 1.69. The highest BCUT2D eigenvalue weighted by atomic mass is 32.1. The van der Waals surface area contributed by atoms with Gasteiger partial charge in [0.05, 0.1) is 13.3 Å². The molecule has 0 saturated carbocycles. The molecule has 3 rings (SSSR count). The Hall–Kier alpha value is -1.91. The molecule has 0 aliphatic carbocycles. The van der Waals surface area contributed by atoms with Crippen LogP contribution in [0.25, 0.3) is 0 Å². The van der Waals surface area contributed by atoms with Crippen molar-refractivity contribution in [2.75, 3.05) is 24.8 Å². The summed E-state index contributed by atoms with van der Waals surface area (Å²) in [6.07, 6.45) is 1.05. The fourth-order valence-corrected chi connectivity index (χ4v) is 3.10. The minimum atomic E-state index is 0.813. The summed E-state index contributed by atoms with van der Waals surface area (Å²) in [7, 11) is 0. The van der Waals surface area contributed by atoms with Crippen LogP contribution in [0.2, 0.25) is 0 Å². The number of nitrogens with one attached hydrogen (secondary N) is 1. The van der Waals surface area contributed by atoms with E-state index in [1.165, 1.54) is 22.4 Å². The first kappa shape index (κ1) is 16.0. The molecule has 23 heavy (non-hydrogen) atoms. The molecule has 1 aliphatic heterocycles. The van der Waals surface area contributed by atoms with E-state index in [1.807, 2.05) is 0 Å². The van der Waals surface area contributed by atoms with Gasteiger partial charge in [0.1, 0.15) is 0 Å². The van der Waals surface area contributed by atoms with Gasteiger partial charge in [-0.15, -0.1) is 0 Å². The Kier molecular flexibility index (Phi) is 4.94. The van der Waals surface area contributed by atoms with Crippen molar-refractivity contribution in [3.05, 3.63) is 65.2 Å². The summed E-state index contributed by atoms with van der Waals surface area (Å²) in [6.45, 7) is 6.97. The van der Waals surface area contributed by atoms with Crippen LogP contribution in [0.15, 0.2) is 48.5 Å². The van der Waals surface area contributed by atoms with Crippen molar-refractivity contribution in [1.82, 2.24) is 10.2 Å². The maximum atomic E-state index is 5.53. The fraction of sp³-hybridized carbons (Fsp3) is 0.316. The van der Waals surface area contributed by atoms with E-state index < -0.39 is 0 Å². The van der Waals surface area contributed by atoms with Crippen LogP contribution in [0.4, 0.5) is 5.69 Å². The molecule has 1 saturated heterocycles. The second kappa shape index (κ2) is 7.11. The predicted octanol–water partition coefficient (Wildman–Crippen LogP) is 3.46. The number of hydrogen-bond acceptors (Lipinski definition) is 2. The normalized spacial score (nSPS) is 15.6. The second-order valence-corrected chi connectivity index (χ2v) is 6.45. The quantitative estimate of drug-likeness (QED) is 0.868. The molecule has 1 fully saturated rings. The third-order valence-corrected chi connectivity index (χ3v) is 4.83. The van der Waals surface area contributed by atoms with Gasteiger partial charge in [0.2, 0.25) is 0 Å². The molecule has 1 heterocycles. The molecule has 0 bridgehead atoms. The Morgan fingerprint density at radius 2 is 1.83 bits per heavy atom. The molecule has 0 spiro atoms.